The largest absolute Gasteiger partial charge is 0.208 e. The number of hydrogen-bond donors (Lipinski definition) is 0. The molecule has 0 saturated heterocycles. The first-order valence-corrected chi connectivity index (χ1v) is 18.6. The molecule has 0 amide bonds. The molecule has 8 aromatic rings. The van der Waals surface area contributed by atoms with Crippen molar-refractivity contribution in [2.24, 2.45) is 0 Å². The number of fused-ring (bicyclic) bond motifs is 5. The third kappa shape index (κ3) is 5.74. The molecule has 7 aromatic carbocycles. The molecule has 1 fully saturated rings. The maximum atomic E-state index is 9.37. The molecule has 2 aliphatic rings. The molecule has 1 aromatic heterocycles. The van der Waals surface area contributed by atoms with Crippen molar-refractivity contribution < 1.29 is 5.48 Å². The van der Waals surface area contributed by atoms with E-state index >= 15 is 0 Å². The number of benzene rings is 7. The zero-order valence-corrected chi connectivity index (χ0v) is 29.7. The van der Waals surface area contributed by atoms with E-state index in [2.05, 4.69) is 78.9 Å². The fourth-order valence-corrected chi connectivity index (χ4v) is 8.07. The van der Waals surface area contributed by atoms with Crippen molar-refractivity contribution in [1.29, 1.82) is 0 Å². The maximum absolute atomic E-state index is 9.37. The number of hydrogen-bond acceptors (Lipinski definition) is 3. The minimum atomic E-state index is -1.76. The van der Waals surface area contributed by atoms with Gasteiger partial charge in [-0.15, -0.1) is 0 Å². The van der Waals surface area contributed by atoms with Crippen LogP contribution in [0.25, 0.3) is 78.7 Å². The van der Waals surface area contributed by atoms with Crippen LogP contribution in [0.3, 0.4) is 0 Å². The van der Waals surface area contributed by atoms with Gasteiger partial charge in [0, 0.05) is 27.6 Å². The minimum Gasteiger partial charge on any atom is -0.208 e. The van der Waals surface area contributed by atoms with Gasteiger partial charge < -0.3 is 0 Å². The minimum absolute atomic E-state index is 0.318. The molecule has 0 radical (unpaired) electrons. The van der Waals surface area contributed by atoms with Crippen LogP contribution in [-0.4, -0.2) is 15.0 Å². The lowest BCUT2D eigenvalue weighted by Gasteiger charge is -2.36. The topological polar surface area (TPSA) is 38.7 Å². The molecule has 258 valence electrons. The molecular weight excluding hydrogens is 655 g/mol. The van der Waals surface area contributed by atoms with Gasteiger partial charge in [0.25, 0.3) is 0 Å². The van der Waals surface area contributed by atoms with Gasteiger partial charge >= 0.3 is 0 Å². The van der Waals surface area contributed by atoms with Crippen LogP contribution in [0.1, 0.15) is 48.6 Å². The van der Waals surface area contributed by atoms with Gasteiger partial charge in [-0.1, -0.05) is 171 Å². The van der Waals surface area contributed by atoms with Gasteiger partial charge in [0.2, 0.25) is 0 Å². The van der Waals surface area contributed by atoms with Gasteiger partial charge in [-0.25, -0.2) is 15.0 Å². The van der Waals surface area contributed by atoms with Crippen LogP contribution in [0.4, 0.5) is 0 Å². The zero-order valence-electron chi connectivity index (χ0n) is 33.7. The molecule has 0 N–H and O–H groups in total. The molecule has 0 bridgehead atoms. The molecule has 1 heterocycles. The van der Waals surface area contributed by atoms with E-state index < -0.39 is 18.2 Å². The predicted molar refractivity (Wildman–Crippen MR) is 222 cm³/mol. The summed E-state index contributed by atoms with van der Waals surface area (Å²) in [7, 11) is 0. The normalized spacial score (nSPS) is 17.0. The van der Waals surface area contributed by atoms with Gasteiger partial charge in [-0.3, -0.25) is 0 Å². The molecule has 10 rings (SSSR count). The van der Waals surface area contributed by atoms with Gasteiger partial charge in [0.05, 0.1) is 0 Å². The lowest BCUT2D eigenvalue weighted by Crippen LogP contribution is -2.28. The summed E-state index contributed by atoms with van der Waals surface area (Å²) in [5.74, 6) is 1.85. The van der Waals surface area contributed by atoms with Crippen LogP contribution in [-0.2, 0) is 5.41 Å². The standard InChI is InChI=1S/C51H39N3/c1-4-15-35(16-5-1)48-52-49(36-17-6-2-7-18-36)54-50(53-48)43-24-14-23-41(33-43)39-21-12-19-37(31-39)38-20-13-22-40(32-38)42-27-28-45-44-25-8-9-26-46(44)51(47(45)34-42)29-10-3-11-30-51/h1-2,4-9,12-28,31-34H,3,10-11,29-30H2/i29D2,30D2. The Hall–Kier alpha value is -6.45. The van der Waals surface area contributed by atoms with Crippen molar-refractivity contribution in [2.45, 2.75) is 37.4 Å². The number of nitrogens with zero attached hydrogens (tertiary/aromatic N) is 3. The lowest BCUT2D eigenvalue weighted by atomic mass is 9.67. The maximum Gasteiger partial charge on any atom is 0.164 e. The number of rotatable bonds is 6. The van der Waals surface area contributed by atoms with E-state index in [4.69, 9.17) is 15.0 Å². The summed E-state index contributed by atoms with van der Waals surface area (Å²) >= 11 is 0. The zero-order chi connectivity index (χ0) is 39.5. The average Bonchev–Trinajstić information content (AvgIpc) is 3.58. The van der Waals surface area contributed by atoms with Crippen molar-refractivity contribution in [3.05, 3.63) is 187 Å². The highest BCUT2D eigenvalue weighted by atomic mass is 15.0. The summed E-state index contributed by atoms with van der Waals surface area (Å²) in [4.78, 5) is 14.8. The Labute approximate surface area is 322 Å². The van der Waals surface area contributed by atoms with Crippen LogP contribution in [0, 0.1) is 0 Å². The molecule has 0 unspecified atom stereocenters. The molecule has 3 heteroatoms. The predicted octanol–water partition coefficient (Wildman–Crippen LogP) is 13.1. The third-order valence-corrected chi connectivity index (χ3v) is 10.7. The van der Waals surface area contributed by atoms with Gasteiger partial charge in [0.15, 0.2) is 17.5 Å². The summed E-state index contributed by atoms with van der Waals surface area (Å²) < 4.78 is 37.5. The molecule has 0 atom stereocenters. The summed E-state index contributed by atoms with van der Waals surface area (Å²) in [5, 5.41) is 0. The van der Waals surface area contributed by atoms with E-state index in [1.807, 2.05) is 97.1 Å². The van der Waals surface area contributed by atoms with Crippen LogP contribution >= 0.6 is 0 Å². The van der Waals surface area contributed by atoms with Crippen LogP contribution < -0.4 is 0 Å². The summed E-state index contributed by atoms with van der Waals surface area (Å²) in [5.41, 5.74) is 10.9. The van der Waals surface area contributed by atoms with Crippen molar-refractivity contribution in [3.63, 3.8) is 0 Å². The molecule has 3 nitrogen and oxygen atoms in total. The van der Waals surface area contributed by atoms with Gasteiger partial charge in [-0.2, -0.15) is 0 Å². The first-order valence-electron chi connectivity index (χ1n) is 20.6. The van der Waals surface area contributed by atoms with E-state index in [9.17, 15) is 5.48 Å². The molecule has 1 saturated carbocycles. The van der Waals surface area contributed by atoms with E-state index in [1.165, 1.54) is 0 Å². The van der Waals surface area contributed by atoms with E-state index in [-0.39, 0.29) is 0 Å². The second kappa shape index (κ2) is 13.5. The Bertz CT molecular complexity index is 2760. The molecule has 0 aliphatic heterocycles. The van der Waals surface area contributed by atoms with Crippen molar-refractivity contribution in [2.75, 3.05) is 0 Å². The fraction of sp³-hybridized carbons (Fsp3) is 0.118. The van der Waals surface area contributed by atoms with Gasteiger partial charge in [0.1, 0.15) is 0 Å². The number of aromatic nitrogens is 3. The highest BCUT2D eigenvalue weighted by Gasteiger charge is 2.43. The Kier molecular flexibility index (Phi) is 7.03. The quantitative estimate of drug-likeness (QED) is 0.174. The second-order valence-corrected chi connectivity index (χ2v) is 14.0. The Morgan fingerprint density at radius 2 is 0.741 bits per heavy atom. The van der Waals surface area contributed by atoms with Crippen molar-refractivity contribution >= 4 is 0 Å². The lowest BCUT2D eigenvalue weighted by molar-refractivity contribution is 0.353. The van der Waals surface area contributed by atoms with Crippen LogP contribution in [0.15, 0.2) is 176 Å². The van der Waals surface area contributed by atoms with Gasteiger partial charge in [-0.05, 0) is 92.6 Å². The van der Waals surface area contributed by atoms with E-state index in [0.29, 0.717) is 36.7 Å². The van der Waals surface area contributed by atoms with E-state index in [0.717, 1.165) is 72.3 Å². The summed E-state index contributed by atoms with van der Waals surface area (Å²) in [6.45, 7) is 0. The Morgan fingerprint density at radius 3 is 1.30 bits per heavy atom. The summed E-state index contributed by atoms with van der Waals surface area (Å²) in [6, 6.07) is 59.3. The average molecular weight is 698 g/mol. The fourth-order valence-electron chi connectivity index (χ4n) is 8.07. The molecule has 54 heavy (non-hydrogen) atoms. The van der Waals surface area contributed by atoms with Crippen LogP contribution in [0.2, 0.25) is 0 Å². The highest BCUT2D eigenvalue weighted by molar-refractivity contribution is 5.85. The van der Waals surface area contributed by atoms with Crippen molar-refractivity contribution in [3.8, 4) is 78.7 Å². The third-order valence-electron chi connectivity index (χ3n) is 10.7. The second-order valence-electron chi connectivity index (χ2n) is 14.0. The Balaban J connectivity index is 1.01. The first kappa shape index (κ1) is 28.1. The first-order chi connectivity index (χ1) is 28.2. The monoisotopic (exact) mass is 697 g/mol. The summed E-state index contributed by atoms with van der Waals surface area (Å²) in [6.07, 6.45) is -2.36. The SMILES string of the molecule is [2H]C1([2H])CCCC([2H])([2H])C12c1ccccc1-c1ccc(-c3cccc(-c4cccc(-c5cccc(-c6nc(-c7ccccc7)nc(-c7ccccc7)n6)c5)c4)c3)cc12. The molecule has 2 aliphatic carbocycles. The van der Waals surface area contributed by atoms with E-state index in [1.54, 1.807) is 0 Å². The Morgan fingerprint density at radius 1 is 0.333 bits per heavy atom. The highest BCUT2D eigenvalue weighted by Crippen LogP contribution is 2.56. The van der Waals surface area contributed by atoms with Crippen LogP contribution in [0.5, 0.6) is 0 Å². The molecular formula is C51H39N3. The smallest absolute Gasteiger partial charge is 0.164 e. The van der Waals surface area contributed by atoms with Crippen molar-refractivity contribution in [1.82, 2.24) is 15.0 Å². The molecule has 1 spiro atoms.